The van der Waals surface area contributed by atoms with Crippen LogP contribution in [-0.2, 0) is 32.1 Å². The molecule has 0 fully saturated rings. The number of rotatable bonds is 22. The Balaban J connectivity index is 1.49. The van der Waals surface area contributed by atoms with Crippen LogP contribution in [0, 0.1) is 23.7 Å². The number of aliphatic hydroxyl groups excluding tert-OH is 2. The van der Waals surface area contributed by atoms with Gasteiger partial charge in [-0.05, 0) is 54.2 Å². The number of fused-ring (bicyclic) bond motifs is 1. The minimum absolute atomic E-state index is 0.0400. The van der Waals surface area contributed by atoms with Crippen LogP contribution in [0.1, 0.15) is 72.2 Å². The van der Waals surface area contributed by atoms with Crippen molar-refractivity contribution in [3.8, 4) is 5.75 Å². The highest BCUT2D eigenvalue weighted by molar-refractivity contribution is 5.91. The number of ether oxygens (including phenoxy) is 1. The Morgan fingerprint density at radius 3 is 2.19 bits per heavy atom. The quantitative estimate of drug-likeness (QED) is 0.0617. The first-order valence-electron chi connectivity index (χ1n) is 19.8. The molecule has 4 rings (SSSR count). The van der Waals surface area contributed by atoms with Gasteiger partial charge in [-0.2, -0.15) is 0 Å². The van der Waals surface area contributed by atoms with E-state index in [-0.39, 0.29) is 56.1 Å². The zero-order chi connectivity index (χ0) is 41.5. The van der Waals surface area contributed by atoms with Crippen molar-refractivity contribution in [2.45, 2.75) is 104 Å². The third-order valence-electron chi connectivity index (χ3n) is 9.99. The van der Waals surface area contributed by atoms with Crippen LogP contribution in [0.2, 0.25) is 0 Å². The second-order valence-corrected chi connectivity index (χ2v) is 15.5. The Hall–Kier alpha value is -5.34. The lowest BCUT2D eigenvalue weighted by Gasteiger charge is -2.35. The lowest BCUT2D eigenvalue weighted by Crippen LogP contribution is -2.59. The molecular formula is C43H59N7O7. The highest BCUT2D eigenvalue weighted by Gasteiger charge is 2.40. The molecule has 7 atom stereocenters. The minimum Gasteiger partial charge on any atom is -0.483 e. The normalized spacial score (nSPS) is 15.2. The van der Waals surface area contributed by atoms with Gasteiger partial charge in [0.15, 0.2) is 6.61 Å². The smallest absolute Gasteiger partial charge is 0.258 e. The highest BCUT2D eigenvalue weighted by atomic mass is 16.5. The maximum Gasteiger partial charge on any atom is 0.258 e. The predicted octanol–water partition coefficient (Wildman–Crippen LogP) is 3.83. The first kappa shape index (κ1) is 44.4. The van der Waals surface area contributed by atoms with Gasteiger partial charge in [0.05, 0.1) is 36.6 Å². The van der Waals surface area contributed by atoms with Crippen molar-refractivity contribution in [1.82, 2.24) is 36.2 Å². The number of hydrogen-bond acceptors (Lipinski definition) is 9. The van der Waals surface area contributed by atoms with Gasteiger partial charge in [-0.1, -0.05) is 90.4 Å². The number of benzene rings is 2. The summed E-state index contributed by atoms with van der Waals surface area (Å²) in [5.41, 5.74) is 1.25. The van der Waals surface area contributed by atoms with Crippen molar-refractivity contribution in [3.05, 3.63) is 90.8 Å². The number of hydrogen-bond donors (Lipinski definition) is 7. The first-order chi connectivity index (χ1) is 27.3. The summed E-state index contributed by atoms with van der Waals surface area (Å²) in [5, 5.41) is 36.7. The zero-order valence-corrected chi connectivity index (χ0v) is 33.8. The SMILES string of the molecule is CC[C@H](C)[C@H](NC(=O)[C@H](CC(C)C)[C@@H](O)[C@H](O)[C@H](CC(C)C)NC(=O)[C@H](Cc1cnc[nH]1)NC(=O)COc1cccc2ccccc12)C(=O)NCc1ccccn1. The van der Waals surface area contributed by atoms with E-state index < -0.39 is 54.0 Å². The average molecular weight is 786 g/mol. The number of aromatic nitrogens is 3. The number of H-pyrrole nitrogens is 1. The Morgan fingerprint density at radius 2 is 1.53 bits per heavy atom. The molecule has 57 heavy (non-hydrogen) atoms. The summed E-state index contributed by atoms with van der Waals surface area (Å²) < 4.78 is 5.88. The highest BCUT2D eigenvalue weighted by Crippen LogP contribution is 2.26. The van der Waals surface area contributed by atoms with Crippen molar-refractivity contribution >= 4 is 34.4 Å². The fourth-order valence-electron chi connectivity index (χ4n) is 6.74. The second-order valence-electron chi connectivity index (χ2n) is 15.5. The van der Waals surface area contributed by atoms with E-state index in [1.165, 1.54) is 6.33 Å². The van der Waals surface area contributed by atoms with Crippen LogP contribution in [0.15, 0.2) is 79.4 Å². The molecule has 0 radical (unpaired) electrons. The summed E-state index contributed by atoms with van der Waals surface area (Å²) in [4.78, 5) is 66.0. The van der Waals surface area contributed by atoms with Crippen molar-refractivity contribution in [3.63, 3.8) is 0 Å². The van der Waals surface area contributed by atoms with Crippen LogP contribution in [0.5, 0.6) is 5.75 Å². The summed E-state index contributed by atoms with van der Waals surface area (Å²) in [7, 11) is 0. The molecule has 2 heterocycles. The van der Waals surface area contributed by atoms with Gasteiger partial charge < -0.3 is 41.2 Å². The molecule has 0 spiro atoms. The molecule has 0 aliphatic rings. The van der Waals surface area contributed by atoms with Gasteiger partial charge in [-0.15, -0.1) is 0 Å². The Morgan fingerprint density at radius 1 is 0.807 bits per heavy atom. The van der Waals surface area contributed by atoms with Gasteiger partial charge in [0.1, 0.15) is 23.9 Å². The summed E-state index contributed by atoms with van der Waals surface area (Å²) in [6.45, 7) is 11.2. The molecule has 308 valence electrons. The number of imidazole rings is 1. The maximum absolute atomic E-state index is 14.0. The fourth-order valence-corrected chi connectivity index (χ4v) is 6.74. The number of pyridine rings is 1. The number of carbonyl (C=O) groups is 4. The molecule has 14 heteroatoms. The molecule has 0 saturated carbocycles. The van der Waals surface area contributed by atoms with Crippen LogP contribution in [0.25, 0.3) is 10.8 Å². The zero-order valence-electron chi connectivity index (χ0n) is 33.8. The Bertz CT molecular complexity index is 1870. The van der Waals surface area contributed by atoms with Crippen LogP contribution < -0.4 is 26.0 Å². The number of nitrogens with one attached hydrogen (secondary N) is 5. The van der Waals surface area contributed by atoms with E-state index in [9.17, 15) is 29.4 Å². The van der Waals surface area contributed by atoms with E-state index in [1.807, 2.05) is 84.0 Å². The van der Waals surface area contributed by atoms with Crippen LogP contribution in [0.3, 0.4) is 0 Å². The van der Waals surface area contributed by atoms with Crippen LogP contribution in [-0.4, -0.2) is 85.7 Å². The molecule has 4 amide bonds. The number of nitrogens with zero attached hydrogens (tertiary/aromatic N) is 2. The molecule has 4 aromatic rings. The van der Waals surface area contributed by atoms with Gasteiger partial charge >= 0.3 is 0 Å². The third-order valence-corrected chi connectivity index (χ3v) is 9.99. The largest absolute Gasteiger partial charge is 0.483 e. The summed E-state index contributed by atoms with van der Waals surface area (Å²) in [6.07, 6.45) is 2.55. The first-order valence-corrected chi connectivity index (χ1v) is 19.8. The van der Waals surface area contributed by atoms with Crippen molar-refractivity contribution < 1.29 is 34.1 Å². The van der Waals surface area contributed by atoms with Gasteiger partial charge in [-0.25, -0.2) is 4.98 Å². The van der Waals surface area contributed by atoms with E-state index in [2.05, 4.69) is 36.2 Å². The Kier molecular flexibility index (Phi) is 17.0. The molecule has 0 unspecified atom stereocenters. The summed E-state index contributed by atoms with van der Waals surface area (Å²) in [6, 6.07) is 15.5. The number of carbonyl (C=O) groups excluding carboxylic acids is 4. The van der Waals surface area contributed by atoms with E-state index in [0.29, 0.717) is 23.6 Å². The maximum atomic E-state index is 14.0. The van der Waals surface area contributed by atoms with Crippen LogP contribution in [0.4, 0.5) is 0 Å². The molecular weight excluding hydrogens is 727 g/mol. The van der Waals surface area contributed by atoms with Crippen LogP contribution >= 0.6 is 0 Å². The van der Waals surface area contributed by atoms with Gasteiger partial charge in [0.25, 0.3) is 5.91 Å². The van der Waals surface area contributed by atoms with Gasteiger partial charge in [0.2, 0.25) is 17.7 Å². The molecule has 2 aromatic heterocycles. The molecule has 2 aromatic carbocycles. The van der Waals surface area contributed by atoms with Gasteiger partial charge in [0, 0.05) is 29.9 Å². The van der Waals surface area contributed by atoms with E-state index in [1.54, 1.807) is 30.6 Å². The lowest BCUT2D eigenvalue weighted by molar-refractivity contribution is -0.139. The molecule has 7 N–H and O–H groups in total. The molecule has 0 aliphatic heterocycles. The van der Waals surface area contributed by atoms with Crippen molar-refractivity contribution in [2.75, 3.05) is 6.61 Å². The molecule has 14 nitrogen and oxygen atoms in total. The summed E-state index contributed by atoms with van der Waals surface area (Å²) in [5.74, 6) is -3.07. The van der Waals surface area contributed by atoms with Gasteiger partial charge in [-0.3, -0.25) is 24.2 Å². The monoisotopic (exact) mass is 785 g/mol. The molecule has 0 bridgehead atoms. The second kappa shape index (κ2) is 21.8. The van der Waals surface area contributed by atoms with Crippen molar-refractivity contribution in [1.29, 1.82) is 0 Å². The third kappa shape index (κ3) is 13.4. The Labute approximate surface area is 335 Å². The fraction of sp³-hybridized carbons (Fsp3) is 0.488. The topological polar surface area (TPSA) is 208 Å². The van der Waals surface area contributed by atoms with E-state index in [0.717, 1.165) is 10.8 Å². The van der Waals surface area contributed by atoms with E-state index in [4.69, 9.17) is 4.74 Å². The number of amides is 4. The minimum atomic E-state index is -1.61. The number of aliphatic hydroxyl groups is 2. The summed E-state index contributed by atoms with van der Waals surface area (Å²) >= 11 is 0. The number of aromatic amines is 1. The van der Waals surface area contributed by atoms with E-state index >= 15 is 0 Å². The lowest BCUT2D eigenvalue weighted by atomic mass is 9.84. The van der Waals surface area contributed by atoms with Crippen molar-refractivity contribution in [2.24, 2.45) is 23.7 Å². The molecule has 0 aliphatic carbocycles. The molecule has 0 saturated heterocycles. The predicted molar refractivity (Wildman–Crippen MR) is 217 cm³/mol. The average Bonchev–Trinajstić information content (AvgIpc) is 3.72. The standard InChI is InChI=1S/C43H59N7O7/c1-7-28(6)38(43(56)46-23-30-15-10-11-18-45-30)50-41(54)33(19-26(2)3)39(52)40(53)34(20-27(4)5)49-42(55)35(21-31-22-44-25-47-31)48-37(51)24-57-36-17-12-14-29-13-8-9-16-32(29)36/h8-18,22,25-28,33-35,38-40,52-53H,7,19-21,23-24H2,1-6H3,(H,44,47)(H,46,56)(H,48,51)(H,49,55)(H,50,54)/t28-,33+,34-,35-,38-,39+,40+/m0/s1.